The summed E-state index contributed by atoms with van der Waals surface area (Å²) >= 11 is 0. The molecule has 7 heteroatoms. The van der Waals surface area contributed by atoms with Crippen LogP contribution in [0.2, 0.25) is 0 Å². The summed E-state index contributed by atoms with van der Waals surface area (Å²) in [5, 5.41) is 11.4. The predicted molar refractivity (Wildman–Crippen MR) is 67.6 cm³/mol. The van der Waals surface area contributed by atoms with Crippen molar-refractivity contribution in [1.29, 1.82) is 0 Å². The Balaban J connectivity index is 1.56. The maximum absolute atomic E-state index is 12.3. The predicted octanol–water partition coefficient (Wildman–Crippen LogP) is 0.759. The van der Waals surface area contributed by atoms with Crippen LogP contribution in [0.5, 0.6) is 0 Å². The van der Waals surface area contributed by atoms with E-state index in [9.17, 15) is 4.79 Å². The van der Waals surface area contributed by atoms with Crippen LogP contribution in [0.3, 0.4) is 0 Å². The smallest absolute Gasteiger partial charge is 0.252 e. The van der Waals surface area contributed by atoms with Crippen LogP contribution < -0.4 is 4.90 Å². The summed E-state index contributed by atoms with van der Waals surface area (Å²) < 4.78 is 7.35. The Morgan fingerprint density at radius 3 is 3.11 bits per heavy atom. The number of tetrazole rings is 1. The largest absolute Gasteiger partial charge is 0.378 e. The average molecular weight is 265 g/mol. The Kier molecular flexibility index (Phi) is 3.72. The second-order valence-corrected chi connectivity index (χ2v) is 5.13. The van der Waals surface area contributed by atoms with Crippen molar-refractivity contribution in [2.45, 2.75) is 51.2 Å². The van der Waals surface area contributed by atoms with Gasteiger partial charge in [0.15, 0.2) is 0 Å². The van der Waals surface area contributed by atoms with Gasteiger partial charge in [-0.1, -0.05) is 5.10 Å². The van der Waals surface area contributed by atoms with Crippen molar-refractivity contribution in [2.24, 2.45) is 0 Å². The second-order valence-electron chi connectivity index (χ2n) is 5.13. The lowest BCUT2D eigenvalue weighted by Gasteiger charge is -2.27. The fourth-order valence-corrected chi connectivity index (χ4v) is 2.71. The molecule has 104 valence electrons. The fourth-order valence-electron chi connectivity index (χ4n) is 2.71. The zero-order valence-corrected chi connectivity index (χ0v) is 11.0. The summed E-state index contributed by atoms with van der Waals surface area (Å²) in [7, 11) is 0. The van der Waals surface area contributed by atoms with Crippen molar-refractivity contribution in [1.82, 2.24) is 20.2 Å². The first kappa shape index (κ1) is 12.5. The van der Waals surface area contributed by atoms with E-state index in [0.29, 0.717) is 18.9 Å². The van der Waals surface area contributed by atoms with Crippen LogP contribution in [0.25, 0.3) is 0 Å². The van der Waals surface area contributed by atoms with E-state index >= 15 is 0 Å². The number of hydrogen-bond donors (Lipinski definition) is 0. The molecule has 0 aromatic carbocycles. The van der Waals surface area contributed by atoms with Crippen molar-refractivity contribution in [3.8, 4) is 0 Å². The molecule has 1 aromatic heterocycles. The van der Waals surface area contributed by atoms with E-state index in [1.54, 1.807) is 9.58 Å². The summed E-state index contributed by atoms with van der Waals surface area (Å²) in [6.45, 7) is 2.34. The van der Waals surface area contributed by atoms with Crippen LogP contribution in [0, 0.1) is 0 Å². The number of hydrogen-bond acceptors (Lipinski definition) is 5. The van der Waals surface area contributed by atoms with Gasteiger partial charge in [-0.15, -0.1) is 0 Å². The number of nitrogens with zero attached hydrogens (tertiary/aromatic N) is 5. The highest BCUT2D eigenvalue weighted by Crippen LogP contribution is 2.20. The molecule has 0 bridgehead atoms. The molecule has 2 aliphatic heterocycles. The van der Waals surface area contributed by atoms with Crippen LogP contribution in [0.1, 0.15) is 38.5 Å². The third-order valence-corrected chi connectivity index (χ3v) is 3.76. The topological polar surface area (TPSA) is 73.1 Å². The zero-order chi connectivity index (χ0) is 13.1. The van der Waals surface area contributed by atoms with E-state index in [4.69, 9.17) is 4.74 Å². The van der Waals surface area contributed by atoms with E-state index in [1.807, 2.05) is 0 Å². The number of aromatic nitrogens is 4. The lowest BCUT2D eigenvalue weighted by molar-refractivity contribution is -0.119. The van der Waals surface area contributed by atoms with Crippen LogP contribution in [-0.4, -0.2) is 45.4 Å². The molecule has 0 saturated carbocycles. The molecule has 0 spiro atoms. The van der Waals surface area contributed by atoms with Crippen LogP contribution in [0.15, 0.2) is 0 Å². The molecule has 1 aromatic rings. The molecule has 0 radical (unpaired) electrons. The Morgan fingerprint density at radius 2 is 2.26 bits per heavy atom. The Morgan fingerprint density at radius 1 is 1.32 bits per heavy atom. The first-order chi connectivity index (χ1) is 9.34. The molecule has 1 unspecified atom stereocenters. The van der Waals surface area contributed by atoms with E-state index in [-0.39, 0.29) is 12.0 Å². The number of fused-ring (bicyclic) bond motifs is 1. The first-order valence-electron chi connectivity index (χ1n) is 7.03. The van der Waals surface area contributed by atoms with Crippen LogP contribution in [0.4, 0.5) is 5.95 Å². The van der Waals surface area contributed by atoms with E-state index in [2.05, 4.69) is 15.5 Å². The number of amides is 1. The van der Waals surface area contributed by atoms with Gasteiger partial charge in [0.1, 0.15) is 0 Å². The molecule has 1 atom stereocenters. The molecule has 0 aliphatic carbocycles. The standard InChI is InChI=1S/C12H19N5O2/c18-11(6-5-10-4-1-2-9-19-10)16-7-3-8-17-12(16)13-14-15-17/h10H,1-9H2. The van der Waals surface area contributed by atoms with Gasteiger partial charge < -0.3 is 4.74 Å². The van der Waals surface area contributed by atoms with Crippen LogP contribution >= 0.6 is 0 Å². The van der Waals surface area contributed by atoms with E-state index < -0.39 is 0 Å². The third kappa shape index (κ3) is 2.75. The molecule has 1 saturated heterocycles. The molecule has 7 nitrogen and oxygen atoms in total. The molecule has 3 heterocycles. The normalized spacial score (nSPS) is 23.2. The van der Waals surface area contributed by atoms with E-state index in [1.165, 1.54) is 6.42 Å². The second kappa shape index (κ2) is 5.64. The first-order valence-corrected chi connectivity index (χ1v) is 7.03. The minimum absolute atomic E-state index is 0.102. The highest BCUT2D eigenvalue weighted by atomic mass is 16.5. The number of carbonyl (C=O) groups is 1. The molecular weight excluding hydrogens is 246 g/mol. The molecule has 2 aliphatic rings. The summed E-state index contributed by atoms with van der Waals surface area (Å²) in [6, 6.07) is 0. The summed E-state index contributed by atoms with van der Waals surface area (Å²) in [5.41, 5.74) is 0. The Hall–Kier alpha value is -1.50. The number of anilines is 1. The number of carbonyl (C=O) groups excluding carboxylic acids is 1. The van der Waals surface area contributed by atoms with Gasteiger partial charge in [0.05, 0.1) is 6.10 Å². The van der Waals surface area contributed by atoms with Gasteiger partial charge in [-0.05, 0) is 42.5 Å². The SMILES string of the molecule is O=C(CCC1CCCCO1)N1CCCn2nnnc21. The van der Waals surface area contributed by atoms with Crippen molar-refractivity contribution < 1.29 is 9.53 Å². The maximum atomic E-state index is 12.3. The number of ether oxygens (including phenoxy) is 1. The molecule has 1 amide bonds. The minimum Gasteiger partial charge on any atom is -0.378 e. The molecule has 1 fully saturated rings. The van der Waals surface area contributed by atoms with Gasteiger partial charge in [0.2, 0.25) is 5.91 Å². The minimum atomic E-state index is 0.102. The summed E-state index contributed by atoms with van der Waals surface area (Å²) in [4.78, 5) is 14.0. The van der Waals surface area contributed by atoms with Gasteiger partial charge in [-0.25, -0.2) is 4.68 Å². The van der Waals surface area contributed by atoms with Crippen LogP contribution in [-0.2, 0) is 16.1 Å². The Bertz CT molecular complexity index is 441. The average Bonchev–Trinajstić information content (AvgIpc) is 2.94. The third-order valence-electron chi connectivity index (χ3n) is 3.76. The van der Waals surface area contributed by atoms with Crippen molar-refractivity contribution in [3.05, 3.63) is 0 Å². The highest BCUT2D eigenvalue weighted by molar-refractivity contribution is 5.91. The number of aryl methyl sites for hydroxylation is 1. The lowest BCUT2D eigenvalue weighted by atomic mass is 10.0. The highest BCUT2D eigenvalue weighted by Gasteiger charge is 2.26. The van der Waals surface area contributed by atoms with Crippen molar-refractivity contribution in [2.75, 3.05) is 18.1 Å². The monoisotopic (exact) mass is 265 g/mol. The van der Waals surface area contributed by atoms with Gasteiger partial charge in [0, 0.05) is 26.1 Å². The summed E-state index contributed by atoms with van der Waals surface area (Å²) in [5.74, 6) is 0.686. The zero-order valence-electron chi connectivity index (χ0n) is 11.0. The molecular formula is C12H19N5O2. The van der Waals surface area contributed by atoms with Crippen molar-refractivity contribution in [3.63, 3.8) is 0 Å². The van der Waals surface area contributed by atoms with Gasteiger partial charge in [-0.2, -0.15) is 0 Å². The molecule has 19 heavy (non-hydrogen) atoms. The van der Waals surface area contributed by atoms with Gasteiger partial charge >= 0.3 is 0 Å². The molecule has 3 rings (SSSR count). The quantitative estimate of drug-likeness (QED) is 0.806. The molecule has 0 N–H and O–H groups in total. The van der Waals surface area contributed by atoms with Gasteiger partial charge in [0.25, 0.3) is 5.95 Å². The van der Waals surface area contributed by atoms with Crippen molar-refractivity contribution >= 4 is 11.9 Å². The number of rotatable bonds is 3. The van der Waals surface area contributed by atoms with Gasteiger partial charge in [-0.3, -0.25) is 9.69 Å². The maximum Gasteiger partial charge on any atom is 0.252 e. The summed E-state index contributed by atoms with van der Waals surface area (Å²) in [6.07, 6.45) is 5.90. The fraction of sp³-hybridized carbons (Fsp3) is 0.833. The van der Waals surface area contributed by atoms with E-state index in [0.717, 1.165) is 38.8 Å². The lowest BCUT2D eigenvalue weighted by Crippen LogP contribution is -2.38. The Labute approximate surface area is 111 Å².